The van der Waals surface area contributed by atoms with Crippen molar-refractivity contribution in [2.75, 3.05) is 7.11 Å². The summed E-state index contributed by atoms with van der Waals surface area (Å²) in [4.78, 5) is 0. The van der Waals surface area contributed by atoms with Gasteiger partial charge in [0.25, 0.3) is 0 Å². The molecule has 1 atom stereocenters. The minimum absolute atomic E-state index is 0.407. The van der Waals surface area contributed by atoms with E-state index in [0.29, 0.717) is 0 Å². The molecule has 0 saturated carbocycles. The van der Waals surface area contributed by atoms with Gasteiger partial charge in [-0.2, -0.15) is 5.10 Å². The maximum atomic E-state index is 6.39. The fourth-order valence-electron chi connectivity index (χ4n) is 2.06. The lowest BCUT2D eigenvalue weighted by atomic mass is 9.87. The van der Waals surface area contributed by atoms with Crippen molar-refractivity contribution in [3.05, 3.63) is 47.8 Å². The number of aryl methyl sites for hydroxylation is 1. The summed E-state index contributed by atoms with van der Waals surface area (Å²) >= 11 is 0. The molecule has 0 spiro atoms. The first-order valence-electron chi connectivity index (χ1n) is 5.92. The number of hydrogen-bond donors (Lipinski definition) is 1. The predicted molar refractivity (Wildman–Crippen MR) is 71.4 cm³/mol. The molecule has 18 heavy (non-hydrogen) atoms. The third-order valence-corrected chi connectivity index (χ3v) is 3.08. The van der Waals surface area contributed by atoms with Gasteiger partial charge >= 0.3 is 0 Å². The summed E-state index contributed by atoms with van der Waals surface area (Å²) in [5, 5.41) is 4.16. The average molecular weight is 245 g/mol. The minimum atomic E-state index is -0.407. The molecule has 0 aliphatic rings. The van der Waals surface area contributed by atoms with E-state index in [1.165, 1.54) is 0 Å². The normalized spacial score (nSPS) is 14.2. The lowest BCUT2D eigenvalue weighted by molar-refractivity contribution is 0.413. The van der Waals surface area contributed by atoms with Gasteiger partial charge in [0, 0.05) is 18.8 Å². The van der Waals surface area contributed by atoms with E-state index in [1.54, 1.807) is 11.8 Å². The van der Waals surface area contributed by atoms with Crippen LogP contribution in [-0.4, -0.2) is 16.9 Å². The van der Waals surface area contributed by atoms with E-state index in [-0.39, 0.29) is 0 Å². The van der Waals surface area contributed by atoms with Crippen LogP contribution in [0.2, 0.25) is 0 Å². The number of nitrogens with two attached hydrogens (primary N) is 1. The molecule has 96 valence electrons. The van der Waals surface area contributed by atoms with E-state index >= 15 is 0 Å². The molecule has 1 aromatic heterocycles. The summed E-state index contributed by atoms with van der Waals surface area (Å²) < 4.78 is 6.94. The largest absolute Gasteiger partial charge is 0.497 e. The second-order valence-electron chi connectivity index (χ2n) is 4.84. The summed E-state index contributed by atoms with van der Waals surface area (Å²) in [5.41, 5.74) is 8.21. The van der Waals surface area contributed by atoms with Gasteiger partial charge in [0.05, 0.1) is 13.3 Å². The molecule has 1 aromatic carbocycles. The third-order valence-electron chi connectivity index (χ3n) is 3.08. The van der Waals surface area contributed by atoms with Crippen molar-refractivity contribution in [1.29, 1.82) is 0 Å². The van der Waals surface area contributed by atoms with Crippen LogP contribution in [0.15, 0.2) is 36.7 Å². The Bertz CT molecular complexity index is 514. The molecule has 0 aliphatic heterocycles. The van der Waals surface area contributed by atoms with E-state index < -0.39 is 5.54 Å². The van der Waals surface area contributed by atoms with Gasteiger partial charge in [0.1, 0.15) is 5.75 Å². The highest BCUT2D eigenvalue weighted by Crippen LogP contribution is 2.24. The first-order valence-corrected chi connectivity index (χ1v) is 5.92. The Kier molecular flexibility index (Phi) is 3.39. The lowest BCUT2D eigenvalue weighted by Gasteiger charge is -2.24. The van der Waals surface area contributed by atoms with Crippen LogP contribution in [0.4, 0.5) is 0 Å². The molecule has 1 heterocycles. The number of hydrogen-bond acceptors (Lipinski definition) is 3. The van der Waals surface area contributed by atoms with E-state index in [2.05, 4.69) is 5.10 Å². The number of rotatable bonds is 4. The summed E-state index contributed by atoms with van der Waals surface area (Å²) in [6, 6.07) is 7.89. The maximum Gasteiger partial charge on any atom is 0.118 e. The Labute approximate surface area is 107 Å². The van der Waals surface area contributed by atoms with Crippen molar-refractivity contribution in [1.82, 2.24) is 9.78 Å². The molecule has 2 N–H and O–H groups in total. The first-order chi connectivity index (χ1) is 8.51. The molecule has 2 aromatic rings. The zero-order valence-electron chi connectivity index (χ0n) is 11.1. The fourth-order valence-corrected chi connectivity index (χ4v) is 2.06. The van der Waals surface area contributed by atoms with Crippen molar-refractivity contribution >= 4 is 0 Å². The van der Waals surface area contributed by atoms with Crippen LogP contribution in [0.25, 0.3) is 0 Å². The summed E-state index contributed by atoms with van der Waals surface area (Å²) in [6.45, 7) is 2.03. The summed E-state index contributed by atoms with van der Waals surface area (Å²) in [7, 11) is 3.57. The zero-order valence-corrected chi connectivity index (χ0v) is 11.1. The summed E-state index contributed by atoms with van der Waals surface area (Å²) in [5.74, 6) is 0.843. The van der Waals surface area contributed by atoms with Crippen molar-refractivity contribution in [3.8, 4) is 5.75 Å². The van der Waals surface area contributed by atoms with Gasteiger partial charge < -0.3 is 10.5 Å². The standard InChI is InChI=1S/C14H19N3O/c1-14(15,8-11-9-16-17(2)10-11)12-4-6-13(18-3)7-5-12/h4-7,9-10H,8,15H2,1-3H3. The molecule has 4 nitrogen and oxygen atoms in total. The SMILES string of the molecule is COc1ccc(C(C)(N)Cc2cnn(C)c2)cc1. The Balaban J connectivity index is 2.18. The molecule has 4 heteroatoms. The second-order valence-corrected chi connectivity index (χ2v) is 4.84. The van der Waals surface area contributed by atoms with Crippen LogP contribution >= 0.6 is 0 Å². The Morgan fingerprint density at radius 2 is 2.00 bits per heavy atom. The maximum absolute atomic E-state index is 6.39. The van der Waals surface area contributed by atoms with E-state index in [4.69, 9.17) is 10.5 Å². The van der Waals surface area contributed by atoms with E-state index in [1.807, 2.05) is 50.6 Å². The number of benzene rings is 1. The van der Waals surface area contributed by atoms with E-state index in [9.17, 15) is 0 Å². The average Bonchev–Trinajstić information content (AvgIpc) is 2.74. The molecular formula is C14H19N3O. The number of ether oxygens (including phenoxy) is 1. The lowest BCUT2D eigenvalue weighted by Crippen LogP contribution is -2.35. The molecule has 0 aliphatic carbocycles. The smallest absolute Gasteiger partial charge is 0.118 e. The van der Waals surface area contributed by atoms with Crippen molar-refractivity contribution < 1.29 is 4.74 Å². The Morgan fingerprint density at radius 3 is 2.50 bits per heavy atom. The van der Waals surface area contributed by atoms with E-state index in [0.717, 1.165) is 23.3 Å². The van der Waals surface area contributed by atoms with Crippen LogP contribution in [0.3, 0.4) is 0 Å². The van der Waals surface area contributed by atoms with Gasteiger partial charge in [-0.15, -0.1) is 0 Å². The Morgan fingerprint density at radius 1 is 1.33 bits per heavy atom. The third kappa shape index (κ3) is 2.71. The zero-order chi connectivity index (χ0) is 13.2. The molecule has 2 rings (SSSR count). The van der Waals surface area contributed by atoms with Crippen LogP contribution in [0.5, 0.6) is 5.75 Å². The van der Waals surface area contributed by atoms with Crippen LogP contribution in [0.1, 0.15) is 18.1 Å². The van der Waals surface area contributed by atoms with Crippen molar-refractivity contribution in [2.45, 2.75) is 18.9 Å². The second kappa shape index (κ2) is 4.82. The number of aromatic nitrogens is 2. The van der Waals surface area contributed by atoms with Crippen LogP contribution in [-0.2, 0) is 19.0 Å². The van der Waals surface area contributed by atoms with Gasteiger partial charge in [0.15, 0.2) is 0 Å². The van der Waals surface area contributed by atoms with Gasteiger partial charge in [-0.1, -0.05) is 12.1 Å². The molecule has 1 unspecified atom stereocenters. The highest BCUT2D eigenvalue weighted by atomic mass is 16.5. The van der Waals surface area contributed by atoms with Gasteiger partial charge in [-0.25, -0.2) is 0 Å². The van der Waals surface area contributed by atoms with Gasteiger partial charge in [-0.05, 0) is 36.6 Å². The van der Waals surface area contributed by atoms with Crippen LogP contribution < -0.4 is 10.5 Å². The number of methoxy groups -OCH3 is 1. The van der Waals surface area contributed by atoms with Gasteiger partial charge in [-0.3, -0.25) is 4.68 Å². The summed E-state index contributed by atoms with van der Waals surface area (Å²) in [6.07, 6.45) is 4.61. The fraction of sp³-hybridized carbons (Fsp3) is 0.357. The number of nitrogens with zero attached hydrogens (tertiary/aromatic N) is 2. The molecule has 0 fully saturated rings. The quantitative estimate of drug-likeness (QED) is 0.894. The highest BCUT2D eigenvalue weighted by molar-refractivity contribution is 5.32. The topological polar surface area (TPSA) is 53.1 Å². The van der Waals surface area contributed by atoms with Gasteiger partial charge in [0.2, 0.25) is 0 Å². The molecular weight excluding hydrogens is 226 g/mol. The monoisotopic (exact) mass is 245 g/mol. The molecule has 0 amide bonds. The molecule has 0 bridgehead atoms. The predicted octanol–water partition coefficient (Wildman–Crippen LogP) is 1.85. The highest BCUT2D eigenvalue weighted by Gasteiger charge is 2.22. The molecule has 0 saturated heterocycles. The minimum Gasteiger partial charge on any atom is -0.497 e. The first kappa shape index (κ1) is 12.6. The molecule has 0 radical (unpaired) electrons. The van der Waals surface area contributed by atoms with Crippen molar-refractivity contribution in [2.24, 2.45) is 12.8 Å². The van der Waals surface area contributed by atoms with Crippen LogP contribution in [0, 0.1) is 0 Å². The van der Waals surface area contributed by atoms with Crippen molar-refractivity contribution in [3.63, 3.8) is 0 Å². The Hall–Kier alpha value is -1.81.